The summed E-state index contributed by atoms with van der Waals surface area (Å²) in [6, 6.07) is 10.1. The Morgan fingerprint density at radius 1 is 0.930 bits per heavy atom. The summed E-state index contributed by atoms with van der Waals surface area (Å²) in [5.74, 6) is 0.602. The van der Waals surface area contributed by atoms with Gasteiger partial charge in [-0.2, -0.15) is 0 Å². The van der Waals surface area contributed by atoms with Gasteiger partial charge in [0.15, 0.2) is 23.1 Å². The van der Waals surface area contributed by atoms with Crippen LogP contribution in [0.3, 0.4) is 0 Å². The van der Waals surface area contributed by atoms with Crippen LogP contribution in [0.25, 0.3) is 0 Å². The zero-order chi connectivity index (χ0) is 31.3. The number of hydrogen-bond donors (Lipinski definition) is 0. The van der Waals surface area contributed by atoms with E-state index in [4.69, 9.17) is 9.47 Å². The van der Waals surface area contributed by atoms with Crippen LogP contribution in [-0.4, -0.2) is 34.5 Å². The third kappa shape index (κ3) is 6.01. The molecule has 0 saturated heterocycles. The molecule has 2 aromatic rings. The fraction of sp³-hybridized carbons (Fsp3) is 0.471. The molecular formula is C34H39BrN2O6. The quantitative estimate of drug-likeness (QED) is 0.210. The van der Waals surface area contributed by atoms with Crippen LogP contribution in [0.4, 0.5) is 5.69 Å². The summed E-state index contributed by atoms with van der Waals surface area (Å²) in [5.41, 5.74) is 4.57. The minimum absolute atomic E-state index is 0.00669. The Hall–Kier alpha value is -3.46. The molecule has 2 aliphatic carbocycles. The Morgan fingerprint density at radius 2 is 1.53 bits per heavy atom. The van der Waals surface area contributed by atoms with Crippen molar-refractivity contribution in [2.45, 2.75) is 79.8 Å². The number of nitro benzene ring substituents is 1. The van der Waals surface area contributed by atoms with Crippen molar-refractivity contribution in [1.29, 1.82) is 0 Å². The lowest BCUT2D eigenvalue weighted by atomic mass is 9.63. The molecular weight excluding hydrogens is 612 g/mol. The van der Waals surface area contributed by atoms with Crippen LogP contribution in [0.5, 0.6) is 11.5 Å². The zero-order valence-electron chi connectivity index (χ0n) is 25.7. The predicted octanol–water partition coefficient (Wildman–Crippen LogP) is 8.04. The number of allylic oxidation sites excluding steroid dienone is 4. The molecule has 228 valence electrons. The number of hydrogen-bond acceptors (Lipinski definition) is 7. The van der Waals surface area contributed by atoms with Gasteiger partial charge in [-0.1, -0.05) is 39.8 Å². The second kappa shape index (κ2) is 11.6. The number of benzene rings is 2. The molecule has 8 nitrogen and oxygen atoms in total. The number of halogens is 1. The summed E-state index contributed by atoms with van der Waals surface area (Å²) in [5, 5.41) is 11.2. The largest absolute Gasteiger partial charge is 0.490 e. The first-order chi connectivity index (χ1) is 20.2. The zero-order valence-corrected chi connectivity index (χ0v) is 27.3. The number of ketones is 2. The van der Waals surface area contributed by atoms with Gasteiger partial charge in [0.05, 0.1) is 16.0 Å². The number of rotatable bonds is 8. The molecule has 0 spiro atoms. The van der Waals surface area contributed by atoms with Crippen LogP contribution >= 0.6 is 15.9 Å². The first kappa shape index (κ1) is 31.0. The number of Topliss-reactive ketones (excluding diaryl/α,β-unsaturated/α-hetero) is 2. The van der Waals surface area contributed by atoms with Gasteiger partial charge in [0.2, 0.25) is 0 Å². The highest BCUT2D eigenvalue weighted by atomic mass is 79.9. The summed E-state index contributed by atoms with van der Waals surface area (Å²) in [6.45, 7) is 13.7. The summed E-state index contributed by atoms with van der Waals surface area (Å²) in [4.78, 5) is 41.0. The highest BCUT2D eigenvalue weighted by molar-refractivity contribution is 9.10. The van der Waals surface area contributed by atoms with E-state index in [-0.39, 0.29) is 34.7 Å². The number of ether oxygens (including phenoxy) is 2. The minimum atomic E-state index is -0.499. The SMILES string of the molecule is CCOc1cc(C2C3=C(CC(C)(C)CC3=O)N(CC)C3=C2C(=O)CC(C)(C)C3)cc(Br)c1OCc1cccc([N+](=O)[O-])c1. The standard InChI is InChI=1S/C34H39BrN2O6/c1-7-36-24-15-33(3,4)17-26(38)30(24)29(31-25(36)16-34(5,6)18-27(31)39)21-13-23(35)32(28(14-21)42-8-2)43-19-20-10-9-11-22(12-20)37(40)41/h9-14,29H,7-8,15-19H2,1-6H3. The van der Waals surface area contributed by atoms with Crippen molar-refractivity contribution in [3.63, 3.8) is 0 Å². The molecule has 0 bridgehead atoms. The van der Waals surface area contributed by atoms with Crippen molar-refractivity contribution in [3.05, 3.63) is 84.7 Å². The second-order valence-electron chi connectivity index (χ2n) is 13.3. The normalized spacial score (nSPS) is 19.7. The number of nitro groups is 1. The van der Waals surface area contributed by atoms with Gasteiger partial charge in [-0.25, -0.2) is 0 Å². The molecule has 43 heavy (non-hydrogen) atoms. The molecule has 3 aliphatic rings. The van der Waals surface area contributed by atoms with E-state index in [0.29, 0.717) is 58.7 Å². The lowest BCUT2D eigenvalue weighted by Crippen LogP contribution is -2.44. The highest BCUT2D eigenvalue weighted by Crippen LogP contribution is 2.55. The summed E-state index contributed by atoms with van der Waals surface area (Å²) in [7, 11) is 0. The molecule has 0 saturated carbocycles. The van der Waals surface area contributed by atoms with Crippen molar-refractivity contribution >= 4 is 33.2 Å². The Bertz CT molecular complexity index is 1520. The highest BCUT2D eigenvalue weighted by Gasteiger charge is 2.48. The van der Waals surface area contributed by atoms with Gasteiger partial charge in [-0.15, -0.1) is 0 Å². The smallest absolute Gasteiger partial charge is 0.269 e. The summed E-state index contributed by atoms with van der Waals surface area (Å²) >= 11 is 3.69. The van der Waals surface area contributed by atoms with E-state index in [1.54, 1.807) is 12.1 Å². The molecule has 0 atom stereocenters. The van der Waals surface area contributed by atoms with E-state index in [0.717, 1.165) is 29.8 Å². The van der Waals surface area contributed by atoms with Gasteiger partial charge in [0.25, 0.3) is 5.69 Å². The van der Waals surface area contributed by atoms with Crippen molar-refractivity contribution in [3.8, 4) is 11.5 Å². The molecule has 5 rings (SSSR count). The van der Waals surface area contributed by atoms with Gasteiger partial charge >= 0.3 is 0 Å². The van der Waals surface area contributed by atoms with Gasteiger partial charge in [0.1, 0.15) is 6.61 Å². The van der Waals surface area contributed by atoms with Crippen LogP contribution in [0.2, 0.25) is 0 Å². The van der Waals surface area contributed by atoms with E-state index >= 15 is 0 Å². The molecule has 0 unspecified atom stereocenters. The third-order valence-electron chi connectivity index (χ3n) is 8.51. The number of non-ortho nitro benzene ring substituents is 1. The molecule has 9 heteroatoms. The van der Waals surface area contributed by atoms with Crippen LogP contribution in [-0.2, 0) is 16.2 Å². The maximum Gasteiger partial charge on any atom is 0.269 e. The van der Waals surface area contributed by atoms with Crippen molar-refractivity contribution in [2.75, 3.05) is 13.2 Å². The Kier molecular flexibility index (Phi) is 8.33. The monoisotopic (exact) mass is 650 g/mol. The van der Waals surface area contributed by atoms with E-state index in [1.807, 2.05) is 19.1 Å². The van der Waals surface area contributed by atoms with E-state index in [1.165, 1.54) is 12.1 Å². The van der Waals surface area contributed by atoms with Crippen LogP contribution in [0.1, 0.15) is 84.3 Å². The predicted molar refractivity (Wildman–Crippen MR) is 168 cm³/mol. The second-order valence-corrected chi connectivity index (χ2v) is 14.1. The molecule has 0 radical (unpaired) electrons. The van der Waals surface area contributed by atoms with E-state index in [9.17, 15) is 19.7 Å². The molecule has 0 amide bonds. The molecule has 0 aromatic heterocycles. The lowest BCUT2D eigenvalue weighted by Gasteiger charge is -2.49. The topological polar surface area (TPSA) is 99.0 Å². The molecule has 1 aliphatic heterocycles. The molecule has 1 heterocycles. The lowest BCUT2D eigenvalue weighted by molar-refractivity contribution is -0.384. The fourth-order valence-electron chi connectivity index (χ4n) is 6.84. The van der Waals surface area contributed by atoms with Crippen molar-refractivity contribution in [2.24, 2.45) is 10.8 Å². The van der Waals surface area contributed by atoms with Gasteiger partial charge in [-0.3, -0.25) is 19.7 Å². The Balaban J connectivity index is 1.63. The fourth-order valence-corrected chi connectivity index (χ4v) is 7.41. The third-order valence-corrected chi connectivity index (χ3v) is 9.10. The Labute approximate surface area is 261 Å². The number of nitrogens with zero attached hydrogens (tertiary/aromatic N) is 2. The first-order valence-corrected chi connectivity index (χ1v) is 15.7. The summed E-state index contributed by atoms with van der Waals surface area (Å²) in [6.07, 6.45) is 2.36. The minimum Gasteiger partial charge on any atom is -0.490 e. The first-order valence-electron chi connectivity index (χ1n) is 14.9. The van der Waals surface area contributed by atoms with Crippen LogP contribution in [0, 0.1) is 20.9 Å². The van der Waals surface area contributed by atoms with Gasteiger partial charge in [-0.05, 0) is 76.7 Å². The average Bonchev–Trinajstić information content (AvgIpc) is 2.90. The summed E-state index contributed by atoms with van der Waals surface area (Å²) < 4.78 is 12.8. The van der Waals surface area contributed by atoms with Crippen molar-refractivity contribution < 1.29 is 24.0 Å². The number of carbonyl (C=O) groups excluding carboxylic acids is 2. The van der Waals surface area contributed by atoms with Crippen LogP contribution < -0.4 is 9.47 Å². The van der Waals surface area contributed by atoms with E-state index in [2.05, 4.69) is 55.4 Å². The van der Waals surface area contributed by atoms with E-state index < -0.39 is 10.8 Å². The molecule has 2 aromatic carbocycles. The van der Waals surface area contributed by atoms with Gasteiger partial charge < -0.3 is 14.4 Å². The molecule has 0 N–H and O–H groups in total. The van der Waals surface area contributed by atoms with Gasteiger partial charge in [0, 0.05) is 60.0 Å². The molecule has 0 fully saturated rings. The maximum absolute atomic E-state index is 14.0. The van der Waals surface area contributed by atoms with Crippen LogP contribution in [0.15, 0.2) is 63.4 Å². The average molecular weight is 652 g/mol. The van der Waals surface area contributed by atoms with Crippen molar-refractivity contribution in [1.82, 2.24) is 4.90 Å². The maximum atomic E-state index is 14.0. The number of carbonyl (C=O) groups is 2. The Morgan fingerprint density at radius 3 is 2.07 bits per heavy atom.